The van der Waals surface area contributed by atoms with Gasteiger partial charge in [0.2, 0.25) is 5.91 Å². The van der Waals surface area contributed by atoms with Crippen LogP contribution in [-0.4, -0.2) is 23.9 Å². The van der Waals surface area contributed by atoms with Gasteiger partial charge < -0.3 is 5.32 Å². The standard InChI is InChI=1S/C14H17FN2O2/c1-8(2)12-14(19)17(9(3)13(18)16-12)11-6-4-5-10(15)7-11/h4-9,12H,1-3H3,(H,16,18). The number of hydrogen-bond donors (Lipinski definition) is 1. The lowest BCUT2D eigenvalue weighted by molar-refractivity contribution is -0.134. The molecular formula is C14H17FN2O2. The van der Waals surface area contributed by atoms with Crippen molar-refractivity contribution in [3.05, 3.63) is 30.1 Å². The molecule has 2 amide bonds. The highest BCUT2D eigenvalue weighted by Crippen LogP contribution is 2.24. The van der Waals surface area contributed by atoms with E-state index in [4.69, 9.17) is 0 Å². The fraction of sp³-hybridized carbons (Fsp3) is 0.429. The average Bonchev–Trinajstić information content (AvgIpc) is 2.34. The second-order valence-electron chi connectivity index (χ2n) is 5.09. The molecule has 1 saturated heterocycles. The Morgan fingerprint density at radius 2 is 2.00 bits per heavy atom. The molecule has 1 aliphatic rings. The molecule has 19 heavy (non-hydrogen) atoms. The summed E-state index contributed by atoms with van der Waals surface area (Å²) in [5.41, 5.74) is 0.415. The van der Waals surface area contributed by atoms with Gasteiger partial charge in [0, 0.05) is 5.69 Å². The Hall–Kier alpha value is -1.91. The van der Waals surface area contributed by atoms with E-state index >= 15 is 0 Å². The van der Waals surface area contributed by atoms with E-state index in [0.717, 1.165) is 0 Å². The second-order valence-corrected chi connectivity index (χ2v) is 5.09. The highest BCUT2D eigenvalue weighted by atomic mass is 19.1. The van der Waals surface area contributed by atoms with E-state index in [1.807, 2.05) is 13.8 Å². The Morgan fingerprint density at radius 3 is 2.58 bits per heavy atom. The second kappa shape index (κ2) is 4.99. The van der Waals surface area contributed by atoms with E-state index in [1.165, 1.54) is 23.1 Å². The number of benzene rings is 1. The quantitative estimate of drug-likeness (QED) is 0.884. The molecule has 0 saturated carbocycles. The van der Waals surface area contributed by atoms with Crippen LogP contribution in [0.15, 0.2) is 24.3 Å². The first-order chi connectivity index (χ1) is 8.91. The van der Waals surface area contributed by atoms with Crippen molar-refractivity contribution >= 4 is 17.5 Å². The Kier molecular flexibility index (Phi) is 3.55. The molecule has 0 radical (unpaired) electrons. The van der Waals surface area contributed by atoms with Crippen LogP contribution >= 0.6 is 0 Å². The minimum Gasteiger partial charge on any atom is -0.342 e. The lowest BCUT2D eigenvalue weighted by Gasteiger charge is -2.38. The van der Waals surface area contributed by atoms with Gasteiger partial charge in [0.25, 0.3) is 5.91 Å². The van der Waals surface area contributed by atoms with Crippen molar-refractivity contribution in [2.75, 3.05) is 4.90 Å². The molecule has 1 N–H and O–H groups in total. The maximum atomic E-state index is 13.3. The van der Waals surface area contributed by atoms with Crippen LogP contribution in [0.4, 0.5) is 10.1 Å². The Morgan fingerprint density at radius 1 is 1.32 bits per heavy atom. The van der Waals surface area contributed by atoms with Crippen LogP contribution in [0, 0.1) is 11.7 Å². The van der Waals surface area contributed by atoms with E-state index < -0.39 is 17.9 Å². The summed E-state index contributed by atoms with van der Waals surface area (Å²) in [6, 6.07) is 4.54. The number of carbonyl (C=O) groups is 2. The fourth-order valence-electron chi connectivity index (χ4n) is 2.22. The number of anilines is 1. The molecule has 1 heterocycles. The number of rotatable bonds is 2. The van der Waals surface area contributed by atoms with Gasteiger partial charge in [0.15, 0.2) is 0 Å². The topological polar surface area (TPSA) is 49.4 Å². The fourth-order valence-corrected chi connectivity index (χ4v) is 2.22. The van der Waals surface area contributed by atoms with Gasteiger partial charge in [0.1, 0.15) is 17.9 Å². The highest BCUT2D eigenvalue weighted by Gasteiger charge is 2.40. The van der Waals surface area contributed by atoms with Crippen LogP contribution < -0.4 is 10.2 Å². The number of halogens is 1. The summed E-state index contributed by atoms with van der Waals surface area (Å²) in [6.45, 7) is 5.36. The smallest absolute Gasteiger partial charge is 0.250 e. The molecule has 102 valence electrons. The lowest BCUT2D eigenvalue weighted by atomic mass is 9.98. The van der Waals surface area contributed by atoms with Crippen LogP contribution in [-0.2, 0) is 9.59 Å². The molecule has 1 aliphatic heterocycles. The largest absolute Gasteiger partial charge is 0.342 e. The average molecular weight is 264 g/mol. The Balaban J connectivity index is 2.40. The summed E-state index contributed by atoms with van der Waals surface area (Å²) in [4.78, 5) is 25.7. The lowest BCUT2D eigenvalue weighted by Crippen LogP contribution is -2.64. The third-order valence-electron chi connectivity index (χ3n) is 3.32. The first-order valence-corrected chi connectivity index (χ1v) is 6.31. The summed E-state index contributed by atoms with van der Waals surface area (Å²) in [6.07, 6.45) is 0. The van der Waals surface area contributed by atoms with Crippen LogP contribution in [0.25, 0.3) is 0 Å². The summed E-state index contributed by atoms with van der Waals surface area (Å²) < 4.78 is 13.3. The van der Waals surface area contributed by atoms with Gasteiger partial charge in [-0.15, -0.1) is 0 Å². The normalized spacial score (nSPS) is 23.7. The number of piperazine rings is 1. The SMILES string of the molecule is CC(C)C1NC(=O)C(C)N(c2cccc(F)c2)C1=O. The van der Waals surface area contributed by atoms with E-state index in [9.17, 15) is 14.0 Å². The van der Waals surface area contributed by atoms with Crippen molar-refractivity contribution in [3.63, 3.8) is 0 Å². The van der Waals surface area contributed by atoms with Crippen LogP contribution in [0.1, 0.15) is 20.8 Å². The molecule has 2 atom stereocenters. The molecule has 1 aromatic carbocycles. The van der Waals surface area contributed by atoms with Crippen LogP contribution in [0.5, 0.6) is 0 Å². The van der Waals surface area contributed by atoms with Crippen molar-refractivity contribution in [1.29, 1.82) is 0 Å². The van der Waals surface area contributed by atoms with Gasteiger partial charge in [-0.1, -0.05) is 19.9 Å². The van der Waals surface area contributed by atoms with Crippen LogP contribution in [0.3, 0.4) is 0 Å². The van der Waals surface area contributed by atoms with Crippen molar-refractivity contribution in [2.45, 2.75) is 32.9 Å². The molecular weight excluding hydrogens is 247 g/mol. The minimum absolute atomic E-state index is 0.0139. The third-order valence-corrected chi connectivity index (χ3v) is 3.32. The van der Waals surface area contributed by atoms with E-state index in [1.54, 1.807) is 13.0 Å². The molecule has 2 unspecified atom stereocenters. The summed E-state index contributed by atoms with van der Waals surface area (Å²) in [7, 11) is 0. The highest BCUT2D eigenvalue weighted by molar-refractivity contribution is 6.08. The molecule has 0 spiro atoms. The maximum absolute atomic E-state index is 13.3. The first kappa shape index (κ1) is 13.5. The van der Waals surface area contributed by atoms with Gasteiger partial charge in [-0.25, -0.2) is 4.39 Å². The van der Waals surface area contributed by atoms with Gasteiger partial charge in [-0.3, -0.25) is 14.5 Å². The van der Waals surface area contributed by atoms with Crippen molar-refractivity contribution in [1.82, 2.24) is 5.32 Å². The number of nitrogens with one attached hydrogen (secondary N) is 1. The molecule has 2 rings (SSSR count). The van der Waals surface area contributed by atoms with Gasteiger partial charge in [-0.05, 0) is 31.0 Å². The number of carbonyl (C=O) groups excluding carboxylic acids is 2. The summed E-state index contributed by atoms with van der Waals surface area (Å²) in [5, 5.41) is 2.71. The van der Waals surface area contributed by atoms with Gasteiger partial charge >= 0.3 is 0 Å². The van der Waals surface area contributed by atoms with E-state index in [0.29, 0.717) is 5.69 Å². The van der Waals surface area contributed by atoms with Crippen molar-refractivity contribution in [3.8, 4) is 0 Å². The van der Waals surface area contributed by atoms with Gasteiger partial charge in [-0.2, -0.15) is 0 Å². The molecule has 0 aromatic heterocycles. The van der Waals surface area contributed by atoms with Crippen molar-refractivity contribution in [2.24, 2.45) is 5.92 Å². The zero-order chi connectivity index (χ0) is 14.2. The first-order valence-electron chi connectivity index (χ1n) is 6.31. The molecule has 1 fully saturated rings. The zero-order valence-electron chi connectivity index (χ0n) is 11.2. The van der Waals surface area contributed by atoms with Gasteiger partial charge in [0.05, 0.1) is 0 Å². The van der Waals surface area contributed by atoms with Crippen LogP contribution in [0.2, 0.25) is 0 Å². The summed E-state index contributed by atoms with van der Waals surface area (Å²) >= 11 is 0. The molecule has 0 aliphatic carbocycles. The van der Waals surface area contributed by atoms with Crippen molar-refractivity contribution < 1.29 is 14.0 Å². The number of hydrogen-bond acceptors (Lipinski definition) is 2. The zero-order valence-corrected chi connectivity index (χ0v) is 11.2. The predicted octanol–water partition coefficient (Wildman–Crippen LogP) is 1.70. The maximum Gasteiger partial charge on any atom is 0.250 e. The number of nitrogens with zero attached hydrogens (tertiary/aromatic N) is 1. The minimum atomic E-state index is -0.635. The number of amides is 2. The Labute approximate surface area is 111 Å². The molecule has 4 nitrogen and oxygen atoms in total. The van der Waals surface area contributed by atoms with E-state index in [-0.39, 0.29) is 17.7 Å². The molecule has 5 heteroatoms. The monoisotopic (exact) mass is 264 g/mol. The van der Waals surface area contributed by atoms with E-state index in [2.05, 4.69) is 5.32 Å². The Bertz CT molecular complexity index is 516. The predicted molar refractivity (Wildman–Crippen MR) is 70.1 cm³/mol. The molecule has 1 aromatic rings. The summed E-state index contributed by atoms with van der Waals surface area (Å²) in [5.74, 6) is -0.861. The third kappa shape index (κ3) is 2.45. The molecule has 0 bridgehead atoms.